The van der Waals surface area contributed by atoms with Crippen LogP contribution in [0.25, 0.3) is 5.65 Å². The number of halogens is 3. The molecule has 0 spiro atoms. The molecule has 0 unspecified atom stereocenters. The molecule has 0 aromatic carbocycles. The molecule has 1 fully saturated rings. The van der Waals surface area contributed by atoms with E-state index < -0.39 is 11.9 Å². The predicted molar refractivity (Wildman–Crippen MR) is 84.4 cm³/mol. The molecule has 10 heteroatoms. The number of hydrogen-bond acceptors (Lipinski definition) is 6. The summed E-state index contributed by atoms with van der Waals surface area (Å²) in [6, 6.07) is 4.69. The Hall–Kier alpha value is -2.91. The minimum absolute atomic E-state index is 0.293. The van der Waals surface area contributed by atoms with Crippen LogP contribution in [-0.4, -0.2) is 50.7 Å². The lowest BCUT2D eigenvalue weighted by Crippen LogP contribution is -2.47. The molecule has 1 aliphatic heterocycles. The molecule has 130 valence electrons. The maximum Gasteiger partial charge on any atom is 0.433 e. The van der Waals surface area contributed by atoms with Gasteiger partial charge in [-0.25, -0.2) is 19.5 Å². The summed E-state index contributed by atoms with van der Waals surface area (Å²) in [5.41, 5.74) is -0.168. The summed E-state index contributed by atoms with van der Waals surface area (Å²) in [6.45, 7) is 2.40. The van der Waals surface area contributed by atoms with Crippen molar-refractivity contribution in [3.05, 3.63) is 42.6 Å². The monoisotopic (exact) mass is 349 g/mol. The third-order valence-corrected chi connectivity index (χ3v) is 4.11. The molecule has 4 heterocycles. The van der Waals surface area contributed by atoms with Crippen LogP contribution < -0.4 is 9.80 Å². The van der Waals surface area contributed by atoms with E-state index in [2.05, 4.69) is 25.0 Å². The second kappa shape index (κ2) is 5.87. The second-order valence-corrected chi connectivity index (χ2v) is 5.65. The van der Waals surface area contributed by atoms with Crippen LogP contribution in [0.1, 0.15) is 5.69 Å². The standard InChI is InChI=1S/C15H14F3N7/c16-15(17,18)11-9-14(20-10-19-11)24-7-5-23(6-8-24)12-2-4-25-13(22-12)1-3-21-25/h1-4,9-10H,5-8H2. The Labute approximate surface area is 140 Å². The zero-order valence-electron chi connectivity index (χ0n) is 13.1. The third kappa shape index (κ3) is 3.06. The number of hydrogen-bond donors (Lipinski definition) is 0. The van der Waals surface area contributed by atoms with Crippen LogP contribution in [0.5, 0.6) is 0 Å². The number of anilines is 2. The molecule has 4 rings (SSSR count). The summed E-state index contributed by atoms with van der Waals surface area (Å²) in [5, 5.41) is 4.11. The van der Waals surface area contributed by atoms with E-state index in [1.54, 1.807) is 10.7 Å². The average molecular weight is 349 g/mol. The fourth-order valence-corrected chi connectivity index (χ4v) is 2.82. The van der Waals surface area contributed by atoms with E-state index in [1.807, 2.05) is 23.2 Å². The molecule has 25 heavy (non-hydrogen) atoms. The highest BCUT2D eigenvalue weighted by Gasteiger charge is 2.33. The smallest absolute Gasteiger partial charge is 0.353 e. The van der Waals surface area contributed by atoms with Gasteiger partial charge in [-0.3, -0.25) is 0 Å². The van der Waals surface area contributed by atoms with Gasteiger partial charge in [0.05, 0.1) is 6.20 Å². The Balaban J connectivity index is 1.48. The topological polar surface area (TPSA) is 62.5 Å². The quantitative estimate of drug-likeness (QED) is 0.704. The van der Waals surface area contributed by atoms with Crippen molar-refractivity contribution in [1.82, 2.24) is 24.6 Å². The molecule has 0 saturated carbocycles. The van der Waals surface area contributed by atoms with Crippen molar-refractivity contribution in [1.29, 1.82) is 0 Å². The molecule has 0 atom stereocenters. The molecule has 0 bridgehead atoms. The fraction of sp³-hybridized carbons (Fsp3) is 0.333. The van der Waals surface area contributed by atoms with Crippen LogP contribution in [0, 0.1) is 0 Å². The molecule has 0 amide bonds. The highest BCUT2D eigenvalue weighted by atomic mass is 19.4. The van der Waals surface area contributed by atoms with E-state index in [9.17, 15) is 13.2 Å². The van der Waals surface area contributed by atoms with Crippen LogP contribution in [0.2, 0.25) is 0 Å². The van der Waals surface area contributed by atoms with Crippen molar-refractivity contribution in [3.8, 4) is 0 Å². The molecular weight excluding hydrogens is 335 g/mol. The number of fused-ring (bicyclic) bond motifs is 1. The molecule has 3 aromatic heterocycles. The SMILES string of the molecule is FC(F)(F)c1cc(N2CCN(c3ccn4nccc4n3)CC2)ncn1. The van der Waals surface area contributed by atoms with Gasteiger partial charge in [-0.1, -0.05) is 0 Å². The maximum atomic E-state index is 12.8. The van der Waals surface area contributed by atoms with E-state index in [4.69, 9.17) is 0 Å². The molecular formula is C15H14F3N7. The zero-order chi connectivity index (χ0) is 17.4. The first kappa shape index (κ1) is 15.6. The van der Waals surface area contributed by atoms with Gasteiger partial charge < -0.3 is 9.80 Å². The maximum absolute atomic E-state index is 12.8. The predicted octanol–water partition coefficient (Wildman–Crippen LogP) is 1.86. The van der Waals surface area contributed by atoms with Crippen molar-refractivity contribution in [2.75, 3.05) is 36.0 Å². The van der Waals surface area contributed by atoms with Crippen LogP contribution in [0.4, 0.5) is 24.8 Å². The Bertz CT molecular complexity index is 884. The van der Waals surface area contributed by atoms with Crippen LogP contribution in [0.3, 0.4) is 0 Å². The highest BCUT2D eigenvalue weighted by Crippen LogP contribution is 2.29. The van der Waals surface area contributed by atoms with Crippen molar-refractivity contribution >= 4 is 17.3 Å². The number of aromatic nitrogens is 5. The van der Waals surface area contributed by atoms with Gasteiger partial charge in [0.25, 0.3) is 0 Å². The van der Waals surface area contributed by atoms with Crippen molar-refractivity contribution < 1.29 is 13.2 Å². The van der Waals surface area contributed by atoms with Gasteiger partial charge in [-0.15, -0.1) is 0 Å². The largest absolute Gasteiger partial charge is 0.433 e. The van der Waals surface area contributed by atoms with Gasteiger partial charge >= 0.3 is 6.18 Å². The van der Waals surface area contributed by atoms with Gasteiger partial charge in [-0.2, -0.15) is 18.3 Å². The van der Waals surface area contributed by atoms with Crippen LogP contribution in [-0.2, 0) is 6.18 Å². The van der Waals surface area contributed by atoms with Crippen molar-refractivity contribution in [3.63, 3.8) is 0 Å². The first-order valence-corrected chi connectivity index (χ1v) is 7.70. The first-order valence-electron chi connectivity index (χ1n) is 7.70. The molecule has 0 radical (unpaired) electrons. The van der Waals surface area contributed by atoms with Gasteiger partial charge in [0.2, 0.25) is 0 Å². The molecule has 3 aromatic rings. The van der Waals surface area contributed by atoms with E-state index in [-0.39, 0.29) is 0 Å². The second-order valence-electron chi connectivity index (χ2n) is 5.65. The van der Waals surface area contributed by atoms with Crippen LogP contribution in [0.15, 0.2) is 36.9 Å². The van der Waals surface area contributed by atoms with E-state index in [1.165, 1.54) is 0 Å². The Kier molecular flexibility index (Phi) is 3.66. The van der Waals surface area contributed by atoms with Gasteiger partial charge in [0.1, 0.15) is 23.7 Å². The minimum atomic E-state index is -4.47. The van der Waals surface area contributed by atoms with Gasteiger partial charge in [-0.05, 0) is 6.07 Å². The van der Waals surface area contributed by atoms with Crippen molar-refractivity contribution in [2.45, 2.75) is 6.18 Å². The third-order valence-electron chi connectivity index (χ3n) is 4.11. The zero-order valence-corrected chi connectivity index (χ0v) is 13.1. The van der Waals surface area contributed by atoms with E-state index in [0.29, 0.717) is 32.0 Å². The lowest BCUT2D eigenvalue weighted by atomic mass is 10.3. The van der Waals surface area contributed by atoms with Gasteiger partial charge in [0, 0.05) is 44.5 Å². The molecule has 7 nitrogen and oxygen atoms in total. The number of nitrogens with zero attached hydrogens (tertiary/aromatic N) is 7. The summed E-state index contributed by atoms with van der Waals surface area (Å²) in [7, 11) is 0. The Morgan fingerprint density at radius 2 is 1.64 bits per heavy atom. The minimum Gasteiger partial charge on any atom is -0.353 e. The molecule has 1 aliphatic rings. The molecule has 0 N–H and O–H groups in total. The van der Waals surface area contributed by atoms with E-state index >= 15 is 0 Å². The summed E-state index contributed by atoms with van der Waals surface area (Å²) < 4.78 is 40.0. The molecule has 1 saturated heterocycles. The average Bonchev–Trinajstić information content (AvgIpc) is 3.09. The fourth-order valence-electron chi connectivity index (χ4n) is 2.82. The van der Waals surface area contributed by atoms with Gasteiger partial charge in [0.15, 0.2) is 5.65 Å². The van der Waals surface area contributed by atoms with Crippen molar-refractivity contribution in [2.24, 2.45) is 0 Å². The summed E-state index contributed by atoms with van der Waals surface area (Å²) in [4.78, 5) is 15.7. The van der Waals surface area contributed by atoms with Crippen LogP contribution >= 0.6 is 0 Å². The number of piperazine rings is 1. The molecule has 0 aliphatic carbocycles. The highest BCUT2D eigenvalue weighted by molar-refractivity contribution is 5.49. The lowest BCUT2D eigenvalue weighted by molar-refractivity contribution is -0.141. The summed E-state index contributed by atoms with van der Waals surface area (Å²) in [5.74, 6) is 1.12. The summed E-state index contributed by atoms with van der Waals surface area (Å²) >= 11 is 0. The summed E-state index contributed by atoms with van der Waals surface area (Å²) in [6.07, 6.45) is 0.00515. The first-order chi connectivity index (χ1) is 12.0. The normalized spacial score (nSPS) is 15.8. The van der Waals surface area contributed by atoms with E-state index in [0.717, 1.165) is 23.9 Å². The number of alkyl halides is 3. The Morgan fingerprint density at radius 1 is 0.920 bits per heavy atom. The lowest BCUT2D eigenvalue weighted by Gasteiger charge is -2.36. The Morgan fingerprint density at radius 3 is 2.36 bits per heavy atom. The number of rotatable bonds is 2.